The van der Waals surface area contributed by atoms with Crippen molar-refractivity contribution in [1.82, 2.24) is 10.3 Å². The van der Waals surface area contributed by atoms with Gasteiger partial charge in [0.25, 0.3) is 0 Å². The summed E-state index contributed by atoms with van der Waals surface area (Å²) in [6, 6.07) is 0. The lowest BCUT2D eigenvalue weighted by atomic mass is 10.0. The molecule has 0 spiro atoms. The average Bonchev–Trinajstić information content (AvgIpc) is 2.97. The van der Waals surface area contributed by atoms with Crippen molar-refractivity contribution in [2.75, 3.05) is 6.54 Å². The minimum Gasteiger partial charge on any atom is -0.388 e. The molecule has 0 unspecified atom stereocenters. The van der Waals surface area contributed by atoms with Crippen molar-refractivity contribution in [3.8, 4) is 0 Å². The molecule has 1 heterocycles. The number of carbonyl (C=O) groups excluding carboxylic acids is 1. The number of hydrogen-bond acceptors (Lipinski definition) is 4. The topological polar surface area (TPSA) is 62.2 Å². The number of hydrogen-bond donors (Lipinski definition) is 2. The zero-order valence-electron chi connectivity index (χ0n) is 11.6. The van der Waals surface area contributed by atoms with Crippen LogP contribution >= 0.6 is 11.3 Å². The highest BCUT2D eigenvalue weighted by molar-refractivity contribution is 7.09. The number of thiazole rings is 1. The monoisotopic (exact) mass is 282 g/mol. The van der Waals surface area contributed by atoms with Gasteiger partial charge in [-0.2, -0.15) is 0 Å². The molecule has 0 saturated heterocycles. The van der Waals surface area contributed by atoms with E-state index in [9.17, 15) is 9.90 Å². The fraction of sp³-hybridized carbons (Fsp3) is 0.714. The molecule has 2 rings (SSSR count). The third-order valence-corrected chi connectivity index (χ3v) is 4.75. The molecule has 4 nitrogen and oxygen atoms in total. The van der Waals surface area contributed by atoms with Crippen LogP contribution in [0.25, 0.3) is 0 Å². The van der Waals surface area contributed by atoms with Crippen molar-refractivity contribution in [2.24, 2.45) is 0 Å². The van der Waals surface area contributed by atoms with E-state index < -0.39 is 5.60 Å². The number of rotatable bonds is 5. The van der Waals surface area contributed by atoms with Crippen molar-refractivity contribution in [1.29, 1.82) is 0 Å². The molecule has 1 aromatic heterocycles. The predicted molar refractivity (Wildman–Crippen MR) is 76.3 cm³/mol. The summed E-state index contributed by atoms with van der Waals surface area (Å²) in [5.74, 6) is 0.349. The zero-order valence-corrected chi connectivity index (χ0v) is 12.4. The van der Waals surface area contributed by atoms with Gasteiger partial charge in [0.1, 0.15) is 0 Å². The summed E-state index contributed by atoms with van der Waals surface area (Å²) in [6.45, 7) is 4.56. The Kier molecular flexibility index (Phi) is 4.58. The van der Waals surface area contributed by atoms with Crippen LogP contribution in [-0.2, 0) is 11.2 Å². The molecule has 0 aromatic carbocycles. The Morgan fingerprint density at radius 3 is 2.79 bits per heavy atom. The molecule has 0 atom stereocenters. The number of amides is 1. The second-order valence-corrected chi connectivity index (χ2v) is 6.61. The van der Waals surface area contributed by atoms with Gasteiger partial charge < -0.3 is 10.4 Å². The molecule has 0 aliphatic heterocycles. The second-order valence-electron chi connectivity index (χ2n) is 5.72. The molecule has 19 heavy (non-hydrogen) atoms. The molecule has 1 amide bonds. The zero-order chi connectivity index (χ0) is 13.9. The Morgan fingerprint density at radius 1 is 1.53 bits per heavy atom. The summed E-state index contributed by atoms with van der Waals surface area (Å²) in [6.07, 6.45) is 3.99. The normalized spacial score (nSPS) is 17.9. The van der Waals surface area contributed by atoms with Crippen LogP contribution in [-0.4, -0.2) is 28.1 Å². The Morgan fingerprint density at radius 2 is 2.21 bits per heavy atom. The Labute approximate surface area is 118 Å². The molecule has 1 aliphatic rings. The number of nitrogens with zero attached hydrogens (tertiary/aromatic N) is 1. The first-order chi connectivity index (χ1) is 8.98. The van der Waals surface area contributed by atoms with Gasteiger partial charge in [-0.1, -0.05) is 26.7 Å². The molecule has 106 valence electrons. The quantitative estimate of drug-likeness (QED) is 0.870. The first-order valence-electron chi connectivity index (χ1n) is 6.92. The van der Waals surface area contributed by atoms with Crippen molar-refractivity contribution < 1.29 is 9.90 Å². The Hall–Kier alpha value is -0.940. The van der Waals surface area contributed by atoms with Gasteiger partial charge in [0.05, 0.1) is 22.7 Å². The molecule has 1 aromatic rings. The largest absolute Gasteiger partial charge is 0.388 e. The number of nitrogens with one attached hydrogen (secondary N) is 1. The van der Waals surface area contributed by atoms with Crippen molar-refractivity contribution in [2.45, 2.75) is 57.5 Å². The summed E-state index contributed by atoms with van der Waals surface area (Å²) >= 11 is 1.60. The third-order valence-electron chi connectivity index (χ3n) is 3.55. The average molecular weight is 282 g/mol. The summed E-state index contributed by atoms with van der Waals surface area (Å²) in [7, 11) is 0. The van der Waals surface area contributed by atoms with Crippen LogP contribution in [0.4, 0.5) is 0 Å². The molecule has 1 aliphatic carbocycles. The van der Waals surface area contributed by atoms with Crippen LogP contribution in [0, 0.1) is 0 Å². The fourth-order valence-corrected chi connectivity index (χ4v) is 3.20. The number of aromatic nitrogens is 1. The molecule has 1 fully saturated rings. The van der Waals surface area contributed by atoms with Gasteiger partial charge in [-0.25, -0.2) is 4.98 Å². The van der Waals surface area contributed by atoms with E-state index in [4.69, 9.17) is 0 Å². The Balaban J connectivity index is 1.80. The first kappa shape index (κ1) is 14.5. The van der Waals surface area contributed by atoms with Crippen LogP contribution in [0.2, 0.25) is 0 Å². The third kappa shape index (κ3) is 4.01. The van der Waals surface area contributed by atoms with E-state index in [2.05, 4.69) is 24.1 Å². The standard InChI is InChI=1S/C14H22N2O2S/c1-10(2)13-16-11(8-19-13)7-12(17)15-9-14(18)5-3-4-6-14/h8,10,18H,3-7,9H2,1-2H3,(H,15,17). The van der Waals surface area contributed by atoms with Crippen molar-refractivity contribution in [3.05, 3.63) is 16.1 Å². The van der Waals surface area contributed by atoms with Crippen LogP contribution in [0.15, 0.2) is 5.38 Å². The summed E-state index contributed by atoms with van der Waals surface area (Å²) in [5.41, 5.74) is 0.144. The van der Waals surface area contributed by atoms with Gasteiger partial charge in [-0.3, -0.25) is 4.79 Å². The summed E-state index contributed by atoms with van der Waals surface area (Å²) in [5, 5.41) is 16.0. The molecule has 5 heteroatoms. The van der Waals surface area contributed by atoms with Crippen molar-refractivity contribution >= 4 is 17.2 Å². The van der Waals surface area contributed by atoms with Gasteiger partial charge in [-0.15, -0.1) is 11.3 Å². The second kappa shape index (κ2) is 6.01. The molecular formula is C14H22N2O2S. The maximum absolute atomic E-state index is 11.8. The number of aliphatic hydroxyl groups is 1. The maximum atomic E-state index is 11.8. The Bertz CT molecular complexity index is 436. The highest BCUT2D eigenvalue weighted by Crippen LogP contribution is 2.28. The summed E-state index contributed by atoms with van der Waals surface area (Å²) in [4.78, 5) is 16.3. The van der Waals surface area contributed by atoms with Gasteiger partial charge in [0.15, 0.2) is 0 Å². The van der Waals surface area contributed by atoms with E-state index in [0.717, 1.165) is 36.4 Å². The van der Waals surface area contributed by atoms with E-state index >= 15 is 0 Å². The lowest BCUT2D eigenvalue weighted by Crippen LogP contribution is -2.41. The lowest BCUT2D eigenvalue weighted by molar-refractivity contribution is -0.121. The molecular weight excluding hydrogens is 260 g/mol. The SMILES string of the molecule is CC(C)c1nc(CC(=O)NCC2(O)CCCC2)cs1. The highest BCUT2D eigenvalue weighted by atomic mass is 32.1. The lowest BCUT2D eigenvalue weighted by Gasteiger charge is -2.22. The molecule has 0 bridgehead atoms. The van der Waals surface area contributed by atoms with Crippen LogP contribution in [0.5, 0.6) is 0 Å². The first-order valence-corrected chi connectivity index (χ1v) is 7.80. The molecule has 1 saturated carbocycles. The van der Waals surface area contributed by atoms with E-state index in [1.807, 2.05) is 5.38 Å². The molecule has 0 radical (unpaired) electrons. The minimum atomic E-state index is -0.680. The maximum Gasteiger partial charge on any atom is 0.226 e. The highest BCUT2D eigenvalue weighted by Gasteiger charge is 2.31. The van der Waals surface area contributed by atoms with E-state index in [1.54, 1.807) is 11.3 Å². The smallest absolute Gasteiger partial charge is 0.226 e. The van der Waals surface area contributed by atoms with Gasteiger partial charge in [0, 0.05) is 17.8 Å². The van der Waals surface area contributed by atoms with Crippen LogP contribution in [0.3, 0.4) is 0 Å². The van der Waals surface area contributed by atoms with Crippen LogP contribution < -0.4 is 5.32 Å². The summed E-state index contributed by atoms with van der Waals surface area (Å²) < 4.78 is 0. The van der Waals surface area contributed by atoms with E-state index in [1.165, 1.54) is 0 Å². The van der Waals surface area contributed by atoms with Crippen molar-refractivity contribution in [3.63, 3.8) is 0 Å². The van der Waals surface area contributed by atoms with E-state index in [-0.39, 0.29) is 5.91 Å². The molecule has 2 N–H and O–H groups in total. The van der Waals surface area contributed by atoms with Gasteiger partial charge in [0.2, 0.25) is 5.91 Å². The minimum absolute atomic E-state index is 0.0547. The fourth-order valence-electron chi connectivity index (χ4n) is 2.37. The predicted octanol–water partition coefficient (Wildman–Crippen LogP) is 2.23. The van der Waals surface area contributed by atoms with E-state index in [0.29, 0.717) is 18.9 Å². The number of carbonyl (C=O) groups is 1. The van der Waals surface area contributed by atoms with Gasteiger partial charge >= 0.3 is 0 Å². The van der Waals surface area contributed by atoms with Crippen LogP contribution in [0.1, 0.15) is 56.2 Å². The van der Waals surface area contributed by atoms with Gasteiger partial charge in [-0.05, 0) is 12.8 Å².